The molecular weight excluding hydrogens is 475 g/mol. The van der Waals surface area contributed by atoms with E-state index in [2.05, 4.69) is 20.2 Å². The molecule has 5 rings (SSSR count). The van der Waals surface area contributed by atoms with Gasteiger partial charge in [-0.2, -0.15) is 13.2 Å². The topological polar surface area (TPSA) is 98.7 Å². The minimum absolute atomic E-state index is 0.194. The van der Waals surface area contributed by atoms with Crippen LogP contribution in [0.5, 0.6) is 0 Å². The van der Waals surface area contributed by atoms with E-state index in [4.69, 9.17) is 0 Å². The van der Waals surface area contributed by atoms with Crippen LogP contribution in [-0.2, 0) is 23.1 Å². The van der Waals surface area contributed by atoms with Gasteiger partial charge in [-0.3, -0.25) is 24.9 Å². The van der Waals surface area contributed by atoms with Gasteiger partial charge in [-0.25, -0.2) is 9.78 Å². The number of urea groups is 1. The van der Waals surface area contributed by atoms with Gasteiger partial charge in [0, 0.05) is 32.6 Å². The zero-order chi connectivity index (χ0) is 25.5. The number of anilines is 1. The van der Waals surface area contributed by atoms with Crippen molar-refractivity contribution < 1.29 is 27.9 Å². The highest BCUT2D eigenvalue weighted by atomic mass is 19.4. The molecule has 0 unspecified atom stereocenters. The average Bonchev–Trinajstić information content (AvgIpc) is 2.85. The van der Waals surface area contributed by atoms with Crippen molar-refractivity contribution in [1.29, 1.82) is 0 Å². The SMILES string of the molecule is O=C1CCN(c2cnc3ccc(C4(O)CCN(Cc5ccc(C(F)(F)F)cc5)CC4)nc3c2)C(=O)N1. The summed E-state index contributed by atoms with van der Waals surface area (Å²) in [6.45, 7) is 1.85. The predicted molar refractivity (Wildman–Crippen MR) is 125 cm³/mol. The molecule has 2 N–H and O–H groups in total. The molecule has 4 heterocycles. The molecule has 2 aliphatic heterocycles. The van der Waals surface area contributed by atoms with E-state index in [0.29, 0.717) is 54.9 Å². The summed E-state index contributed by atoms with van der Waals surface area (Å²) in [5, 5.41) is 13.6. The molecule has 0 bridgehead atoms. The number of aromatic nitrogens is 2. The monoisotopic (exact) mass is 499 g/mol. The molecule has 3 aromatic rings. The zero-order valence-electron chi connectivity index (χ0n) is 19.3. The van der Waals surface area contributed by atoms with Gasteiger partial charge < -0.3 is 5.11 Å². The van der Waals surface area contributed by atoms with Crippen LogP contribution in [0.15, 0.2) is 48.7 Å². The lowest BCUT2D eigenvalue weighted by Crippen LogP contribution is -2.49. The lowest BCUT2D eigenvalue weighted by molar-refractivity contribution is -0.137. The van der Waals surface area contributed by atoms with Gasteiger partial charge >= 0.3 is 12.2 Å². The number of rotatable bonds is 4. The number of nitrogens with one attached hydrogen (secondary N) is 1. The van der Waals surface area contributed by atoms with Crippen molar-refractivity contribution in [3.8, 4) is 0 Å². The first-order chi connectivity index (χ1) is 17.1. The van der Waals surface area contributed by atoms with E-state index in [0.717, 1.165) is 17.7 Å². The van der Waals surface area contributed by atoms with Gasteiger partial charge in [0.15, 0.2) is 0 Å². The maximum Gasteiger partial charge on any atom is 0.416 e. The first-order valence-corrected chi connectivity index (χ1v) is 11.6. The Morgan fingerprint density at radius 1 is 1.00 bits per heavy atom. The summed E-state index contributed by atoms with van der Waals surface area (Å²) in [4.78, 5) is 36.1. The van der Waals surface area contributed by atoms with Gasteiger partial charge in [0.05, 0.1) is 34.2 Å². The lowest BCUT2D eigenvalue weighted by Gasteiger charge is -2.38. The molecule has 0 radical (unpaired) electrons. The predicted octanol–water partition coefficient (Wildman–Crippen LogP) is 3.58. The highest BCUT2D eigenvalue weighted by Gasteiger charge is 2.36. The molecule has 2 aliphatic rings. The Morgan fingerprint density at radius 3 is 2.39 bits per heavy atom. The minimum atomic E-state index is -4.36. The van der Waals surface area contributed by atoms with Crippen LogP contribution in [0.1, 0.15) is 36.1 Å². The molecule has 188 valence electrons. The van der Waals surface area contributed by atoms with Crippen molar-refractivity contribution in [2.75, 3.05) is 24.5 Å². The highest BCUT2D eigenvalue weighted by Crippen LogP contribution is 2.34. The number of carbonyl (C=O) groups excluding carboxylic acids is 2. The minimum Gasteiger partial charge on any atom is -0.383 e. The summed E-state index contributed by atoms with van der Waals surface area (Å²) in [5.41, 5.74) is 1.09. The Kier molecular flexibility index (Phi) is 6.13. The standard InChI is InChI=1S/C25H24F3N5O3/c26-25(27,28)17-3-1-16(2-4-17)15-32-11-8-24(36,9-12-32)21-6-5-19-20(30-21)13-18(14-29-19)33-10-7-22(34)31-23(33)35/h1-6,13-14,36H,7-12,15H2,(H,31,34,35). The number of fused-ring (bicyclic) bond motifs is 1. The smallest absolute Gasteiger partial charge is 0.383 e. The number of amides is 3. The number of piperidine rings is 1. The van der Waals surface area contributed by atoms with E-state index in [9.17, 15) is 27.9 Å². The number of hydrogen-bond donors (Lipinski definition) is 2. The second-order valence-corrected chi connectivity index (χ2v) is 9.19. The van der Waals surface area contributed by atoms with E-state index in [1.165, 1.54) is 17.0 Å². The van der Waals surface area contributed by atoms with Crippen LogP contribution in [0.2, 0.25) is 0 Å². The van der Waals surface area contributed by atoms with E-state index >= 15 is 0 Å². The summed E-state index contributed by atoms with van der Waals surface area (Å²) in [5.74, 6) is -0.322. The van der Waals surface area contributed by atoms with Crippen LogP contribution in [0.3, 0.4) is 0 Å². The Morgan fingerprint density at radius 2 is 1.72 bits per heavy atom. The molecule has 36 heavy (non-hydrogen) atoms. The third-order valence-corrected chi connectivity index (χ3v) is 6.74. The molecule has 2 saturated heterocycles. The Bertz CT molecular complexity index is 1300. The van der Waals surface area contributed by atoms with E-state index in [1.54, 1.807) is 24.4 Å². The number of halogens is 3. The second-order valence-electron chi connectivity index (χ2n) is 9.19. The van der Waals surface area contributed by atoms with Crippen LogP contribution < -0.4 is 10.2 Å². The third kappa shape index (κ3) is 4.89. The van der Waals surface area contributed by atoms with Crippen molar-refractivity contribution in [2.45, 2.75) is 37.6 Å². The van der Waals surface area contributed by atoms with Crippen LogP contribution in [0.4, 0.5) is 23.7 Å². The Hall–Kier alpha value is -3.57. The lowest BCUT2D eigenvalue weighted by atomic mass is 9.87. The quantitative estimate of drug-likeness (QED) is 0.570. The van der Waals surface area contributed by atoms with Gasteiger partial charge in [-0.1, -0.05) is 12.1 Å². The summed E-state index contributed by atoms with van der Waals surface area (Å²) < 4.78 is 38.4. The average molecular weight is 499 g/mol. The highest BCUT2D eigenvalue weighted by molar-refractivity contribution is 6.06. The van der Waals surface area contributed by atoms with Crippen LogP contribution in [0, 0.1) is 0 Å². The maximum atomic E-state index is 12.8. The number of likely N-dealkylation sites (tertiary alicyclic amines) is 1. The first-order valence-electron chi connectivity index (χ1n) is 11.6. The van der Waals surface area contributed by atoms with Gasteiger partial charge in [0.1, 0.15) is 5.60 Å². The van der Waals surface area contributed by atoms with Crippen LogP contribution in [0.25, 0.3) is 11.0 Å². The third-order valence-electron chi connectivity index (χ3n) is 6.74. The molecule has 0 atom stereocenters. The number of imide groups is 1. The summed E-state index contributed by atoms with van der Waals surface area (Å²) in [6, 6.07) is 9.85. The molecule has 0 saturated carbocycles. The molecule has 11 heteroatoms. The summed E-state index contributed by atoms with van der Waals surface area (Å²) >= 11 is 0. The fraction of sp³-hybridized carbons (Fsp3) is 0.360. The number of carbonyl (C=O) groups is 2. The van der Waals surface area contributed by atoms with Gasteiger partial charge in [-0.05, 0) is 48.7 Å². The Labute approximate surface area is 204 Å². The number of alkyl halides is 3. The molecule has 0 spiro atoms. The first kappa shape index (κ1) is 24.1. The number of pyridine rings is 2. The van der Waals surface area contributed by atoms with E-state index < -0.39 is 23.4 Å². The summed E-state index contributed by atoms with van der Waals surface area (Å²) in [6.07, 6.45) is -1.79. The van der Waals surface area contributed by atoms with Gasteiger partial charge in [-0.15, -0.1) is 0 Å². The molecule has 0 aliphatic carbocycles. The normalized spacial score (nSPS) is 18.9. The van der Waals surface area contributed by atoms with Crippen LogP contribution >= 0.6 is 0 Å². The van der Waals surface area contributed by atoms with Crippen molar-refractivity contribution in [2.24, 2.45) is 0 Å². The number of aliphatic hydroxyl groups is 1. The zero-order valence-corrected chi connectivity index (χ0v) is 19.3. The molecule has 8 nitrogen and oxygen atoms in total. The molecule has 2 aromatic heterocycles. The summed E-state index contributed by atoms with van der Waals surface area (Å²) in [7, 11) is 0. The fourth-order valence-corrected chi connectivity index (χ4v) is 4.61. The fourth-order valence-electron chi connectivity index (χ4n) is 4.61. The Balaban J connectivity index is 1.28. The van der Waals surface area contributed by atoms with Crippen molar-refractivity contribution >= 4 is 28.7 Å². The van der Waals surface area contributed by atoms with Crippen molar-refractivity contribution in [1.82, 2.24) is 20.2 Å². The van der Waals surface area contributed by atoms with Crippen molar-refractivity contribution in [3.05, 3.63) is 65.5 Å². The van der Waals surface area contributed by atoms with Crippen molar-refractivity contribution in [3.63, 3.8) is 0 Å². The van der Waals surface area contributed by atoms with Crippen LogP contribution in [-0.4, -0.2) is 51.5 Å². The number of nitrogens with zero attached hydrogens (tertiary/aromatic N) is 4. The molecule has 1 aromatic carbocycles. The number of benzene rings is 1. The molecule has 3 amide bonds. The van der Waals surface area contributed by atoms with E-state index in [-0.39, 0.29) is 18.9 Å². The van der Waals surface area contributed by atoms with Gasteiger partial charge in [0.2, 0.25) is 5.91 Å². The number of hydrogen-bond acceptors (Lipinski definition) is 6. The van der Waals surface area contributed by atoms with E-state index in [1.807, 2.05) is 0 Å². The molecule has 2 fully saturated rings. The second kappa shape index (κ2) is 9.14. The van der Waals surface area contributed by atoms with Gasteiger partial charge in [0.25, 0.3) is 0 Å². The molecular formula is C25H24F3N5O3. The maximum absolute atomic E-state index is 12.8. The largest absolute Gasteiger partial charge is 0.416 e.